The van der Waals surface area contributed by atoms with E-state index in [0.717, 1.165) is 19.7 Å². The molecule has 1 N–H and O–H groups in total. The maximum atomic E-state index is 5.62. The molecular weight excluding hydrogens is 236 g/mol. The van der Waals surface area contributed by atoms with Crippen LogP contribution in [0.4, 0.5) is 0 Å². The number of benzene rings is 1. The smallest absolute Gasteiger partial charge is 0.0700 e. The summed E-state index contributed by atoms with van der Waals surface area (Å²) in [7, 11) is 0. The van der Waals surface area contributed by atoms with E-state index in [1.165, 1.54) is 24.2 Å². The van der Waals surface area contributed by atoms with Gasteiger partial charge in [0.25, 0.3) is 0 Å². The van der Waals surface area contributed by atoms with Gasteiger partial charge in [0, 0.05) is 37.3 Å². The quantitative estimate of drug-likeness (QED) is 0.890. The predicted octanol–water partition coefficient (Wildman–Crippen LogP) is 2.75. The van der Waals surface area contributed by atoms with Gasteiger partial charge in [-0.1, -0.05) is 18.2 Å². The van der Waals surface area contributed by atoms with Gasteiger partial charge in [0.2, 0.25) is 0 Å². The standard InChI is InChI=1S/C16H20N2O/c1-2-6-14(7-3-1)18-10-4-8-15(18)12-17-13-16-9-5-11-19-16/h1-4,6-8,10,16-17H,5,9,11-13H2. The zero-order valence-electron chi connectivity index (χ0n) is 11.1. The van der Waals surface area contributed by atoms with Crippen LogP contribution in [0.1, 0.15) is 18.5 Å². The van der Waals surface area contributed by atoms with E-state index in [-0.39, 0.29) is 0 Å². The predicted molar refractivity (Wildman–Crippen MR) is 76.4 cm³/mol. The highest BCUT2D eigenvalue weighted by atomic mass is 16.5. The van der Waals surface area contributed by atoms with Crippen LogP contribution in [0.2, 0.25) is 0 Å². The van der Waals surface area contributed by atoms with Crippen molar-refractivity contribution in [1.29, 1.82) is 0 Å². The Morgan fingerprint density at radius 1 is 1.16 bits per heavy atom. The molecule has 19 heavy (non-hydrogen) atoms. The van der Waals surface area contributed by atoms with Gasteiger partial charge in [-0.15, -0.1) is 0 Å². The fourth-order valence-electron chi connectivity index (χ4n) is 2.57. The van der Waals surface area contributed by atoms with E-state index in [9.17, 15) is 0 Å². The first-order valence-corrected chi connectivity index (χ1v) is 6.97. The number of rotatable bonds is 5. The molecule has 1 fully saturated rings. The minimum atomic E-state index is 0.403. The SMILES string of the molecule is c1ccc(-n2cccc2CNCC2CCCO2)cc1. The topological polar surface area (TPSA) is 26.2 Å². The molecule has 0 bridgehead atoms. The number of nitrogens with one attached hydrogen (secondary N) is 1. The zero-order chi connectivity index (χ0) is 12.9. The average molecular weight is 256 g/mol. The van der Waals surface area contributed by atoms with Crippen molar-refractivity contribution in [2.24, 2.45) is 0 Å². The molecular formula is C16H20N2O. The maximum Gasteiger partial charge on any atom is 0.0700 e. The fraction of sp³-hybridized carbons (Fsp3) is 0.375. The van der Waals surface area contributed by atoms with Crippen LogP contribution in [0.5, 0.6) is 0 Å². The lowest BCUT2D eigenvalue weighted by molar-refractivity contribution is 0.110. The molecule has 0 aliphatic carbocycles. The van der Waals surface area contributed by atoms with Crippen molar-refractivity contribution in [3.05, 3.63) is 54.4 Å². The maximum absolute atomic E-state index is 5.62. The van der Waals surface area contributed by atoms with Crippen LogP contribution in [0.25, 0.3) is 5.69 Å². The third-order valence-electron chi connectivity index (χ3n) is 3.57. The number of ether oxygens (including phenoxy) is 1. The molecule has 1 aliphatic heterocycles. The summed E-state index contributed by atoms with van der Waals surface area (Å²) in [5.41, 5.74) is 2.49. The highest BCUT2D eigenvalue weighted by molar-refractivity contribution is 5.34. The summed E-state index contributed by atoms with van der Waals surface area (Å²) >= 11 is 0. The Balaban J connectivity index is 1.61. The third kappa shape index (κ3) is 3.06. The zero-order valence-corrected chi connectivity index (χ0v) is 11.1. The van der Waals surface area contributed by atoms with E-state index in [4.69, 9.17) is 4.74 Å². The second-order valence-corrected chi connectivity index (χ2v) is 4.97. The Bertz CT molecular complexity index is 500. The van der Waals surface area contributed by atoms with Gasteiger partial charge in [0.05, 0.1) is 6.10 Å². The van der Waals surface area contributed by atoms with E-state index < -0.39 is 0 Å². The Morgan fingerprint density at radius 3 is 2.84 bits per heavy atom. The van der Waals surface area contributed by atoms with Gasteiger partial charge in [-0.25, -0.2) is 0 Å². The van der Waals surface area contributed by atoms with Crippen LogP contribution in [0.3, 0.4) is 0 Å². The Hall–Kier alpha value is -1.58. The Kier molecular flexibility index (Phi) is 3.96. The van der Waals surface area contributed by atoms with Crippen LogP contribution < -0.4 is 5.32 Å². The summed E-state index contributed by atoms with van der Waals surface area (Å²) in [6, 6.07) is 14.7. The largest absolute Gasteiger partial charge is 0.377 e. The van der Waals surface area contributed by atoms with Gasteiger partial charge in [-0.2, -0.15) is 0 Å². The van der Waals surface area contributed by atoms with Crippen molar-refractivity contribution in [3.63, 3.8) is 0 Å². The van der Waals surface area contributed by atoms with E-state index in [0.29, 0.717) is 6.10 Å². The Morgan fingerprint density at radius 2 is 2.05 bits per heavy atom. The third-order valence-corrected chi connectivity index (χ3v) is 3.57. The molecule has 100 valence electrons. The first-order chi connectivity index (χ1) is 9.43. The summed E-state index contributed by atoms with van der Waals surface area (Å²) in [6.45, 7) is 2.74. The minimum absolute atomic E-state index is 0.403. The summed E-state index contributed by atoms with van der Waals surface area (Å²) in [6.07, 6.45) is 4.90. The molecule has 2 aromatic rings. The van der Waals surface area contributed by atoms with Gasteiger partial charge in [0.15, 0.2) is 0 Å². The van der Waals surface area contributed by atoms with Gasteiger partial charge >= 0.3 is 0 Å². The number of para-hydroxylation sites is 1. The van der Waals surface area contributed by atoms with Crippen molar-refractivity contribution in [3.8, 4) is 5.69 Å². The molecule has 0 spiro atoms. The lowest BCUT2D eigenvalue weighted by atomic mass is 10.2. The second kappa shape index (κ2) is 6.04. The lowest BCUT2D eigenvalue weighted by Gasteiger charge is -2.13. The molecule has 0 radical (unpaired) electrons. The number of nitrogens with zero attached hydrogens (tertiary/aromatic N) is 1. The van der Waals surface area contributed by atoms with Crippen LogP contribution in [-0.4, -0.2) is 23.8 Å². The van der Waals surface area contributed by atoms with Crippen LogP contribution >= 0.6 is 0 Å². The van der Waals surface area contributed by atoms with E-state index in [1.807, 2.05) is 6.07 Å². The first kappa shape index (κ1) is 12.5. The monoisotopic (exact) mass is 256 g/mol. The van der Waals surface area contributed by atoms with Gasteiger partial charge < -0.3 is 14.6 Å². The molecule has 1 aromatic heterocycles. The van der Waals surface area contributed by atoms with Gasteiger partial charge in [-0.05, 0) is 37.1 Å². The number of aromatic nitrogens is 1. The minimum Gasteiger partial charge on any atom is -0.377 e. The highest BCUT2D eigenvalue weighted by Crippen LogP contribution is 2.13. The average Bonchev–Trinajstić information content (AvgIpc) is 3.11. The molecule has 2 heterocycles. The number of hydrogen-bond donors (Lipinski definition) is 1. The Labute approximate surface area is 114 Å². The molecule has 3 rings (SSSR count). The lowest BCUT2D eigenvalue weighted by Crippen LogP contribution is -2.26. The second-order valence-electron chi connectivity index (χ2n) is 4.97. The van der Waals surface area contributed by atoms with Crippen molar-refractivity contribution in [1.82, 2.24) is 9.88 Å². The van der Waals surface area contributed by atoms with Crippen molar-refractivity contribution < 1.29 is 4.74 Å². The fourth-order valence-corrected chi connectivity index (χ4v) is 2.57. The first-order valence-electron chi connectivity index (χ1n) is 6.97. The van der Waals surface area contributed by atoms with Crippen molar-refractivity contribution >= 4 is 0 Å². The van der Waals surface area contributed by atoms with Gasteiger partial charge in [0.1, 0.15) is 0 Å². The molecule has 3 nitrogen and oxygen atoms in total. The van der Waals surface area contributed by atoms with Crippen molar-refractivity contribution in [2.75, 3.05) is 13.2 Å². The van der Waals surface area contributed by atoms with E-state index >= 15 is 0 Å². The van der Waals surface area contributed by atoms with Crippen LogP contribution in [-0.2, 0) is 11.3 Å². The molecule has 0 amide bonds. The molecule has 1 saturated heterocycles. The number of hydrogen-bond acceptors (Lipinski definition) is 2. The van der Waals surface area contributed by atoms with Gasteiger partial charge in [-0.3, -0.25) is 0 Å². The van der Waals surface area contributed by atoms with Crippen molar-refractivity contribution in [2.45, 2.75) is 25.5 Å². The molecule has 3 heteroatoms. The highest BCUT2D eigenvalue weighted by Gasteiger charge is 2.14. The normalized spacial score (nSPS) is 18.8. The molecule has 1 unspecified atom stereocenters. The molecule has 1 aliphatic rings. The van der Waals surface area contributed by atoms with E-state index in [1.54, 1.807) is 0 Å². The summed E-state index contributed by atoms with van der Waals surface area (Å²) in [5, 5.41) is 3.49. The summed E-state index contributed by atoms with van der Waals surface area (Å²) in [4.78, 5) is 0. The molecule has 0 saturated carbocycles. The van der Waals surface area contributed by atoms with E-state index in [2.05, 4.69) is 52.5 Å². The molecule has 1 aromatic carbocycles. The van der Waals surface area contributed by atoms with Crippen LogP contribution in [0.15, 0.2) is 48.7 Å². The summed E-state index contributed by atoms with van der Waals surface area (Å²) in [5.74, 6) is 0. The molecule has 1 atom stereocenters. The van der Waals surface area contributed by atoms with Crippen LogP contribution in [0, 0.1) is 0 Å². The summed E-state index contributed by atoms with van der Waals surface area (Å²) < 4.78 is 7.84.